The number of hydrogen-bond acceptors (Lipinski definition) is 10. The quantitative estimate of drug-likeness (QED) is 0.0303. The molecule has 5 aromatic rings. The monoisotopic (exact) mass is 796 g/mol. The Bertz CT molecular complexity index is 1960. The molecule has 0 spiro atoms. The molecule has 3 aromatic carbocycles. The van der Waals surface area contributed by atoms with E-state index in [9.17, 15) is 0 Å². The van der Waals surface area contributed by atoms with Crippen molar-refractivity contribution in [3.63, 3.8) is 0 Å². The zero-order valence-electron chi connectivity index (χ0n) is 34.7. The van der Waals surface area contributed by atoms with Gasteiger partial charge in [-0.1, -0.05) is 113 Å². The highest BCUT2D eigenvalue weighted by molar-refractivity contribution is 7.99. The van der Waals surface area contributed by atoms with Gasteiger partial charge >= 0.3 is 0 Å². The molecule has 1 aliphatic carbocycles. The van der Waals surface area contributed by atoms with E-state index in [1.54, 1.807) is 26.0 Å². The van der Waals surface area contributed by atoms with Crippen molar-refractivity contribution in [3.8, 4) is 11.5 Å². The van der Waals surface area contributed by atoms with Crippen LogP contribution in [0.15, 0.2) is 84.0 Å². The molecule has 12 heteroatoms. The molecule has 0 aliphatic heterocycles. The van der Waals surface area contributed by atoms with Crippen molar-refractivity contribution < 1.29 is 18.6 Å². The Hall–Kier alpha value is -3.97. The first-order valence-electron chi connectivity index (χ1n) is 20.1. The molecular formula is C44H60N6O4SSi. The third-order valence-electron chi connectivity index (χ3n) is 11.5. The maximum Gasteiger partial charge on any atom is 0.192 e. The summed E-state index contributed by atoms with van der Waals surface area (Å²) in [5.74, 6) is 3.34. The number of nitrogens with zero attached hydrogens (tertiary/aromatic N) is 5. The molecule has 1 fully saturated rings. The van der Waals surface area contributed by atoms with Crippen molar-refractivity contribution in [3.05, 3.63) is 95.6 Å². The molecule has 2 aromatic heterocycles. The second-order valence-electron chi connectivity index (χ2n) is 16.3. The summed E-state index contributed by atoms with van der Waals surface area (Å²) in [5.41, 5.74) is 3.59. The molecule has 0 unspecified atom stereocenters. The van der Waals surface area contributed by atoms with Gasteiger partial charge in [-0.2, -0.15) is 0 Å². The molecular weight excluding hydrogens is 737 g/mol. The van der Waals surface area contributed by atoms with Crippen molar-refractivity contribution in [2.75, 3.05) is 38.4 Å². The van der Waals surface area contributed by atoms with E-state index in [0.29, 0.717) is 12.1 Å². The van der Waals surface area contributed by atoms with Crippen LogP contribution in [-0.2, 0) is 14.8 Å². The van der Waals surface area contributed by atoms with Crippen molar-refractivity contribution in [2.45, 2.75) is 108 Å². The van der Waals surface area contributed by atoms with Gasteiger partial charge in [0, 0.05) is 18.2 Å². The van der Waals surface area contributed by atoms with Gasteiger partial charge in [-0.05, 0) is 84.8 Å². The van der Waals surface area contributed by atoms with E-state index in [0.717, 1.165) is 89.2 Å². The van der Waals surface area contributed by atoms with E-state index in [1.807, 2.05) is 35.0 Å². The van der Waals surface area contributed by atoms with E-state index < -0.39 is 13.9 Å². The van der Waals surface area contributed by atoms with Gasteiger partial charge in [0.2, 0.25) is 0 Å². The lowest BCUT2D eigenvalue weighted by atomic mass is 9.80. The topological polar surface area (TPSA) is 105 Å². The maximum atomic E-state index is 7.51. The van der Waals surface area contributed by atoms with Gasteiger partial charge in [0.1, 0.15) is 17.1 Å². The second-order valence-corrected chi connectivity index (χ2v) is 22.1. The van der Waals surface area contributed by atoms with Crippen LogP contribution < -0.4 is 14.8 Å². The summed E-state index contributed by atoms with van der Waals surface area (Å²) in [6, 6.07) is 27.0. The van der Waals surface area contributed by atoms with Crippen molar-refractivity contribution in [1.29, 1.82) is 0 Å². The Kier molecular flexibility index (Phi) is 13.5. The minimum absolute atomic E-state index is 0.0129. The van der Waals surface area contributed by atoms with E-state index in [2.05, 4.69) is 102 Å². The van der Waals surface area contributed by atoms with Crippen LogP contribution in [0.3, 0.4) is 0 Å². The molecule has 0 bridgehead atoms. The number of fused-ring (bicyclic) bond motifs is 1. The first-order chi connectivity index (χ1) is 26.9. The number of thioether (sulfide) groups is 1. The highest BCUT2D eigenvalue weighted by Gasteiger charge is 2.47. The van der Waals surface area contributed by atoms with Gasteiger partial charge in [-0.3, -0.25) is 0 Å². The average molecular weight is 797 g/mol. The molecule has 2 heterocycles. The number of benzene rings is 3. The molecule has 10 nitrogen and oxygen atoms in total. The molecule has 1 aliphatic rings. The summed E-state index contributed by atoms with van der Waals surface area (Å²) in [6.07, 6.45) is 4.70. The number of nitrogens with one attached hydrogen (secondary N) is 1. The van der Waals surface area contributed by atoms with E-state index in [1.165, 1.54) is 0 Å². The number of hydrogen-bond donors (Lipinski definition) is 1. The Morgan fingerprint density at radius 2 is 1.45 bits per heavy atom. The summed E-state index contributed by atoms with van der Waals surface area (Å²) < 4.78 is 28.1. The normalized spacial score (nSPS) is 17.7. The first kappa shape index (κ1) is 41.7. The molecule has 0 amide bonds. The Morgan fingerprint density at radius 3 is 2.02 bits per heavy atom. The molecule has 300 valence electrons. The predicted molar refractivity (Wildman–Crippen MR) is 230 cm³/mol. The van der Waals surface area contributed by atoms with E-state index in [-0.39, 0.29) is 23.1 Å². The zero-order chi connectivity index (χ0) is 39.9. The predicted octanol–water partition coefficient (Wildman–Crippen LogP) is 10.3. The second kappa shape index (κ2) is 18.1. The molecule has 3 atom stereocenters. The fourth-order valence-corrected chi connectivity index (χ4v) is 9.35. The fraction of sp³-hybridized carbons (Fsp3) is 0.500. The fourth-order valence-electron chi connectivity index (χ4n) is 7.26. The van der Waals surface area contributed by atoms with Crippen LogP contribution in [0.5, 0.6) is 11.5 Å². The Morgan fingerprint density at radius 1 is 0.821 bits per heavy atom. The van der Waals surface area contributed by atoms with Crippen LogP contribution in [0.2, 0.25) is 18.1 Å². The van der Waals surface area contributed by atoms with Gasteiger partial charge in [-0.15, -0.1) is 5.10 Å². The summed E-state index contributed by atoms with van der Waals surface area (Å²) in [5, 5.41) is 13.8. The first-order valence-corrected chi connectivity index (χ1v) is 24.0. The lowest BCUT2D eigenvalue weighted by Gasteiger charge is -2.41. The number of methoxy groups -OCH3 is 2. The van der Waals surface area contributed by atoms with Gasteiger partial charge in [0.15, 0.2) is 30.5 Å². The SMILES string of the molecule is CCCCNc1nc(SCCC)nc2c1nnn2[C@H]1C[C@@H](COC(c2ccccc2)(c2ccc(OC)cc2)c2ccc(OC)cc2)[C@H](O[Si](C)(C)C(C)(C)C)C1. The van der Waals surface area contributed by atoms with Crippen LogP contribution in [0.4, 0.5) is 5.82 Å². The van der Waals surface area contributed by atoms with Crippen molar-refractivity contribution in [1.82, 2.24) is 25.0 Å². The van der Waals surface area contributed by atoms with Crippen LogP contribution in [0.25, 0.3) is 11.2 Å². The minimum Gasteiger partial charge on any atom is -0.497 e. The zero-order valence-corrected chi connectivity index (χ0v) is 36.5. The standard InChI is InChI=1S/C44H60N6O4SSi/c1-10-12-26-45-40-39-41(47-42(46-40)55-27-11-2)50(49-48-39)35-28-31(38(29-35)54-56(8,9)43(3,4)5)30-53-44(32-16-14-13-15-17-32,33-18-22-36(51-6)23-19-33)34-20-24-37(52-7)25-21-34/h13-25,31,35,38H,10-12,26-30H2,1-9H3,(H,45,46,47)/t31-,35-,38+/m0/s1. The Labute approximate surface area is 338 Å². The van der Waals surface area contributed by atoms with Crippen LogP contribution >= 0.6 is 11.8 Å². The van der Waals surface area contributed by atoms with Gasteiger partial charge in [-0.25, -0.2) is 14.6 Å². The Balaban J connectivity index is 1.42. The maximum absolute atomic E-state index is 7.51. The lowest BCUT2D eigenvalue weighted by molar-refractivity contribution is -0.0275. The van der Waals surface area contributed by atoms with Crippen molar-refractivity contribution in [2.24, 2.45) is 5.92 Å². The lowest BCUT2D eigenvalue weighted by Crippen LogP contribution is -2.45. The van der Waals surface area contributed by atoms with E-state index >= 15 is 0 Å². The minimum atomic E-state index is -2.19. The number of ether oxygens (including phenoxy) is 3. The van der Waals surface area contributed by atoms with Crippen LogP contribution in [-0.4, -0.2) is 72.5 Å². The van der Waals surface area contributed by atoms with Gasteiger partial charge in [0.05, 0.1) is 33.0 Å². The largest absolute Gasteiger partial charge is 0.497 e. The molecule has 6 rings (SSSR count). The third-order valence-corrected chi connectivity index (χ3v) is 17.0. The molecule has 0 saturated heterocycles. The summed E-state index contributed by atoms with van der Waals surface area (Å²) in [6.45, 7) is 17.2. The van der Waals surface area contributed by atoms with Gasteiger partial charge < -0.3 is 24.0 Å². The van der Waals surface area contributed by atoms with Gasteiger partial charge in [0.25, 0.3) is 0 Å². The molecule has 56 heavy (non-hydrogen) atoms. The summed E-state index contributed by atoms with van der Waals surface area (Å²) in [4.78, 5) is 9.96. The van der Waals surface area contributed by atoms with Crippen LogP contribution in [0.1, 0.15) is 89.5 Å². The highest BCUT2D eigenvalue weighted by atomic mass is 32.2. The highest BCUT2D eigenvalue weighted by Crippen LogP contribution is 2.47. The summed E-state index contributed by atoms with van der Waals surface area (Å²) >= 11 is 1.68. The molecule has 1 saturated carbocycles. The van der Waals surface area contributed by atoms with Crippen LogP contribution in [0, 0.1) is 5.92 Å². The van der Waals surface area contributed by atoms with Crippen molar-refractivity contribution >= 4 is 37.1 Å². The average Bonchev–Trinajstić information content (AvgIpc) is 3.81. The molecule has 1 N–H and O–H groups in total. The summed E-state index contributed by atoms with van der Waals surface area (Å²) in [7, 11) is 1.20. The number of aromatic nitrogens is 5. The molecule has 0 radical (unpaired) electrons. The smallest absolute Gasteiger partial charge is 0.192 e. The number of anilines is 1. The van der Waals surface area contributed by atoms with E-state index in [4.69, 9.17) is 38.9 Å². The number of unbranched alkanes of at least 4 members (excludes halogenated alkanes) is 1. The number of rotatable bonds is 18. The third kappa shape index (κ3) is 8.93.